The zero-order chi connectivity index (χ0) is 23.3. The van der Waals surface area contributed by atoms with Crippen LogP contribution in [0.5, 0.6) is 0 Å². The molecular weight excluding hydrogens is 456 g/mol. The smallest absolute Gasteiger partial charge is 0.230 e. The van der Waals surface area contributed by atoms with Crippen molar-refractivity contribution in [1.82, 2.24) is 14.9 Å². The molecule has 0 radical (unpaired) electrons. The number of aromatic nitrogens is 2. The van der Waals surface area contributed by atoms with E-state index in [0.717, 1.165) is 48.4 Å². The minimum atomic E-state index is -0.0630. The SMILES string of the molecule is CC(C)(C)c1cnc(CSc2cnc(NC(=O)Cc3cccc(CN4CCOCC4)c3)s2)o1. The van der Waals surface area contributed by atoms with Crippen LogP contribution in [0.25, 0.3) is 0 Å². The lowest BCUT2D eigenvalue weighted by Crippen LogP contribution is -2.35. The average Bonchev–Trinajstić information content (AvgIpc) is 3.42. The van der Waals surface area contributed by atoms with Gasteiger partial charge in [-0.3, -0.25) is 9.69 Å². The molecule has 3 aromatic rings. The van der Waals surface area contributed by atoms with Crippen LogP contribution in [0.1, 0.15) is 43.5 Å². The van der Waals surface area contributed by atoms with Gasteiger partial charge in [-0.05, 0) is 11.1 Å². The summed E-state index contributed by atoms with van der Waals surface area (Å²) in [6.45, 7) is 10.6. The summed E-state index contributed by atoms with van der Waals surface area (Å²) in [5, 5.41) is 3.53. The van der Waals surface area contributed by atoms with Crippen molar-refractivity contribution in [3.63, 3.8) is 0 Å². The minimum Gasteiger partial charge on any atom is -0.444 e. The van der Waals surface area contributed by atoms with E-state index in [1.165, 1.54) is 16.9 Å². The van der Waals surface area contributed by atoms with Gasteiger partial charge < -0.3 is 14.5 Å². The van der Waals surface area contributed by atoms with Gasteiger partial charge in [0.25, 0.3) is 0 Å². The minimum absolute atomic E-state index is 0.0557. The van der Waals surface area contributed by atoms with E-state index in [9.17, 15) is 4.79 Å². The fourth-order valence-corrected chi connectivity index (χ4v) is 5.19. The summed E-state index contributed by atoms with van der Waals surface area (Å²) in [7, 11) is 0. The second kappa shape index (κ2) is 10.8. The van der Waals surface area contributed by atoms with Gasteiger partial charge in [0.2, 0.25) is 11.8 Å². The van der Waals surface area contributed by atoms with Crippen molar-refractivity contribution in [2.45, 2.75) is 49.1 Å². The molecule has 2 aromatic heterocycles. The number of carbonyl (C=O) groups excluding carboxylic acids is 1. The number of anilines is 1. The first-order chi connectivity index (χ1) is 15.8. The fraction of sp³-hybridized carbons (Fsp3) is 0.458. The molecule has 3 heterocycles. The average molecular weight is 487 g/mol. The van der Waals surface area contributed by atoms with Crippen molar-refractivity contribution >= 4 is 34.1 Å². The molecule has 0 unspecified atom stereocenters. The van der Waals surface area contributed by atoms with Crippen molar-refractivity contribution in [2.24, 2.45) is 0 Å². The number of hydrogen-bond acceptors (Lipinski definition) is 8. The first-order valence-electron chi connectivity index (χ1n) is 11.1. The molecule has 1 aliphatic heterocycles. The van der Waals surface area contributed by atoms with Gasteiger partial charge >= 0.3 is 0 Å². The lowest BCUT2D eigenvalue weighted by Gasteiger charge is -2.26. The van der Waals surface area contributed by atoms with Crippen LogP contribution in [0.4, 0.5) is 5.13 Å². The van der Waals surface area contributed by atoms with Gasteiger partial charge in [-0.15, -0.1) is 11.8 Å². The maximum Gasteiger partial charge on any atom is 0.230 e. The molecular formula is C24H30N4O3S2. The molecule has 1 amide bonds. The van der Waals surface area contributed by atoms with Gasteiger partial charge in [0.1, 0.15) is 5.76 Å². The normalized spacial score (nSPS) is 15.0. The molecule has 1 N–H and O–H groups in total. The summed E-state index contributed by atoms with van der Waals surface area (Å²) >= 11 is 3.06. The molecule has 0 spiro atoms. The Balaban J connectivity index is 1.26. The molecule has 0 atom stereocenters. The Morgan fingerprint density at radius 1 is 1.18 bits per heavy atom. The molecule has 0 bridgehead atoms. The standard InChI is InChI=1S/C24H30N4O3S2/c1-24(2,3)19-13-25-21(31-19)16-32-22-14-26-23(33-22)27-20(29)12-17-5-4-6-18(11-17)15-28-7-9-30-10-8-28/h4-6,11,13-14H,7-10,12,15-16H2,1-3H3,(H,26,27,29). The second-order valence-corrected chi connectivity index (χ2v) is 11.4. The number of carbonyl (C=O) groups is 1. The number of hydrogen-bond donors (Lipinski definition) is 1. The molecule has 1 aromatic carbocycles. The lowest BCUT2D eigenvalue weighted by molar-refractivity contribution is -0.115. The van der Waals surface area contributed by atoms with Gasteiger partial charge in [-0.25, -0.2) is 9.97 Å². The zero-order valence-electron chi connectivity index (χ0n) is 19.3. The van der Waals surface area contributed by atoms with E-state index in [1.54, 1.807) is 24.2 Å². The number of benzene rings is 1. The molecule has 0 saturated carbocycles. The highest BCUT2D eigenvalue weighted by molar-refractivity contribution is 8.00. The van der Waals surface area contributed by atoms with Crippen molar-refractivity contribution in [2.75, 3.05) is 31.6 Å². The fourth-order valence-electron chi connectivity index (χ4n) is 3.44. The number of nitrogens with one attached hydrogen (secondary N) is 1. The van der Waals surface area contributed by atoms with E-state index >= 15 is 0 Å². The van der Waals surface area contributed by atoms with Crippen LogP contribution in [0, 0.1) is 0 Å². The van der Waals surface area contributed by atoms with Crippen LogP contribution in [-0.4, -0.2) is 47.1 Å². The van der Waals surface area contributed by atoms with Crippen LogP contribution < -0.4 is 5.32 Å². The third kappa shape index (κ3) is 7.14. The molecule has 0 aliphatic carbocycles. The molecule has 7 nitrogen and oxygen atoms in total. The Kier molecular flexibility index (Phi) is 7.85. The molecule has 176 valence electrons. The van der Waals surface area contributed by atoms with Crippen LogP contribution in [0.15, 0.2) is 45.3 Å². The van der Waals surface area contributed by atoms with E-state index < -0.39 is 0 Å². The number of nitrogens with zero attached hydrogens (tertiary/aromatic N) is 3. The topological polar surface area (TPSA) is 80.5 Å². The van der Waals surface area contributed by atoms with Crippen LogP contribution >= 0.6 is 23.1 Å². The molecule has 33 heavy (non-hydrogen) atoms. The van der Waals surface area contributed by atoms with Gasteiger partial charge in [0, 0.05) is 25.0 Å². The summed E-state index contributed by atoms with van der Waals surface area (Å²) in [6, 6.07) is 8.23. The quantitative estimate of drug-likeness (QED) is 0.461. The van der Waals surface area contributed by atoms with Gasteiger partial charge in [-0.2, -0.15) is 0 Å². The van der Waals surface area contributed by atoms with Crippen molar-refractivity contribution in [3.05, 3.63) is 59.4 Å². The number of ether oxygens (including phenoxy) is 1. The number of rotatable bonds is 8. The van der Waals surface area contributed by atoms with Gasteiger partial charge in [0.15, 0.2) is 5.13 Å². The van der Waals surface area contributed by atoms with E-state index in [2.05, 4.69) is 53.1 Å². The van der Waals surface area contributed by atoms with Crippen LogP contribution in [-0.2, 0) is 33.7 Å². The van der Waals surface area contributed by atoms with Gasteiger partial charge in [0.05, 0.1) is 42.0 Å². The molecule has 4 rings (SSSR count). The maximum absolute atomic E-state index is 12.6. The Morgan fingerprint density at radius 3 is 2.73 bits per heavy atom. The number of oxazole rings is 1. The Morgan fingerprint density at radius 2 is 1.97 bits per heavy atom. The van der Waals surface area contributed by atoms with Crippen LogP contribution in [0.2, 0.25) is 0 Å². The highest BCUT2D eigenvalue weighted by Crippen LogP contribution is 2.31. The van der Waals surface area contributed by atoms with Crippen molar-refractivity contribution < 1.29 is 13.9 Å². The molecule has 9 heteroatoms. The van der Waals surface area contributed by atoms with Crippen molar-refractivity contribution in [1.29, 1.82) is 0 Å². The maximum atomic E-state index is 12.6. The monoisotopic (exact) mass is 486 g/mol. The van der Waals surface area contributed by atoms with Gasteiger partial charge in [-0.1, -0.05) is 56.4 Å². The molecule has 1 saturated heterocycles. The summed E-state index contributed by atoms with van der Waals surface area (Å²) in [4.78, 5) is 23.6. The highest BCUT2D eigenvalue weighted by Gasteiger charge is 2.19. The number of morpholine rings is 1. The van der Waals surface area contributed by atoms with E-state index in [-0.39, 0.29) is 11.3 Å². The summed E-state index contributed by atoms with van der Waals surface area (Å²) in [5.41, 5.74) is 2.17. The predicted octanol–water partition coefficient (Wildman–Crippen LogP) is 4.73. The van der Waals surface area contributed by atoms with E-state index in [4.69, 9.17) is 9.15 Å². The van der Waals surface area contributed by atoms with Crippen LogP contribution in [0.3, 0.4) is 0 Å². The molecule has 1 aliphatic rings. The lowest BCUT2D eigenvalue weighted by atomic mass is 9.94. The first-order valence-corrected chi connectivity index (χ1v) is 12.9. The number of thiazole rings is 1. The summed E-state index contributed by atoms with van der Waals surface area (Å²) < 4.78 is 12.3. The summed E-state index contributed by atoms with van der Waals surface area (Å²) in [6.07, 6.45) is 3.90. The Labute approximate surface area is 203 Å². The zero-order valence-corrected chi connectivity index (χ0v) is 20.9. The third-order valence-corrected chi connectivity index (χ3v) is 7.32. The van der Waals surface area contributed by atoms with E-state index in [1.807, 2.05) is 12.1 Å². The highest BCUT2D eigenvalue weighted by atomic mass is 32.2. The third-order valence-electron chi connectivity index (χ3n) is 5.23. The Bertz CT molecular complexity index is 1070. The second-order valence-electron chi connectivity index (χ2n) is 9.07. The number of thioether (sulfide) groups is 1. The first kappa shape index (κ1) is 23.9. The predicted molar refractivity (Wildman–Crippen MR) is 132 cm³/mol. The van der Waals surface area contributed by atoms with Crippen molar-refractivity contribution in [3.8, 4) is 0 Å². The summed E-state index contributed by atoms with van der Waals surface area (Å²) in [5.74, 6) is 2.14. The molecule has 1 fully saturated rings. The van der Waals surface area contributed by atoms with E-state index in [0.29, 0.717) is 23.2 Å². The Hall–Kier alpha value is -2.20. The largest absolute Gasteiger partial charge is 0.444 e. The number of amides is 1.